The van der Waals surface area contributed by atoms with Crippen molar-refractivity contribution in [3.63, 3.8) is 0 Å². The number of imidazole rings is 1. The van der Waals surface area contributed by atoms with E-state index in [9.17, 15) is 13.2 Å². The van der Waals surface area contributed by atoms with E-state index in [1.54, 1.807) is 24.3 Å². The smallest absolute Gasteiger partial charge is 0.419 e. The monoisotopic (exact) mass is 354 g/mol. The predicted molar refractivity (Wildman–Crippen MR) is 93.0 cm³/mol. The van der Waals surface area contributed by atoms with E-state index in [0.717, 1.165) is 22.7 Å². The van der Waals surface area contributed by atoms with Gasteiger partial charge in [0.15, 0.2) is 0 Å². The molecule has 130 valence electrons. The van der Waals surface area contributed by atoms with Gasteiger partial charge in [0.05, 0.1) is 16.6 Å². The van der Waals surface area contributed by atoms with Gasteiger partial charge in [-0.2, -0.15) is 13.2 Å². The van der Waals surface area contributed by atoms with E-state index in [2.05, 4.69) is 9.97 Å². The van der Waals surface area contributed by atoms with Crippen molar-refractivity contribution in [1.29, 1.82) is 0 Å². The van der Waals surface area contributed by atoms with Gasteiger partial charge in [0.1, 0.15) is 17.3 Å². The number of aromatic amines is 1. The number of rotatable bonds is 3. The number of aromatic nitrogens is 2. The zero-order chi connectivity index (χ0) is 18.1. The van der Waals surface area contributed by atoms with Crippen LogP contribution < -0.4 is 4.74 Å². The van der Waals surface area contributed by atoms with Crippen molar-refractivity contribution in [3.05, 3.63) is 78.4 Å². The Labute approximate surface area is 147 Å². The second-order valence-corrected chi connectivity index (χ2v) is 5.72. The summed E-state index contributed by atoms with van der Waals surface area (Å²) in [6.07, 6.45) is -4.47. The summed E-state index contributed by atoms with van der Waals surface area (Å²) >= 11 is 0. The Morgan fingerprint density at radius 2 is 1.50 bits per heavy atom. The van der Waals surface area contributed by atoms with Crippen LogP contribution in [-0.2, 0) is 6.18 Å². The van der Waals surface area contributed by atoms with E-state index in [4.69, 9.17) is 4.74 Å². The van der Waals surface area contributed by atoms with Crippen molar-refractivity contribution in [3.8, 4) is 22.9 Å². The molecule has 0 aliphatic carbocycles. The lowest BCUT2D eigenvalue weighted by Gasteiger charge is -2.13. The Morgan fingerprint density at radius 1 is 0.808 bits per heavy atom. The van der Waals surface area contributed by atoms with Crippen LogP contribution in [0.4, 0.5) is 13.2 Å². The summed E-state index contributed by atoms with van der Waals surface area (Å²) in [5.41, 5.74) is 1.78. The number of H-pyrrole nitrogens is 1. The molecule has 6 heteroatoms. The standard InChI is InChI=1S/C20H13F3N2O/c21-20(22,23)15-5-1-4-8-18(15)26-14-11-9-13(10-12-14)19-24-16-6-2-3-7-17(16)25-19/h1-12H,(H,24,25). The van der Waals surface area contributed by atoms with Gasteiger partial charge in [-0.1, -0.05) is 24.3 Å². The van der Waals surface area contributed by atoms with Gasteiger partial charge in [0.25, 0.3) is 0 Å². The number of fused-ring (bicyclic) bond motifs is 1. The maximum atomic E-state index is 13.0. The third-order valence-corrected chi connectivity index (χ3v) is 3.94. The molecule has 0 aliphatic heterocycles. The molecule has 0 atom stereocenters. The zero-order valence-corrected chi connectivity index (χ0v) is 13.4. The topological polar surface area (TPSA) is 37.9 Å². The Kier molecular flexibility index (Phi) is 3.88. The molecule has 26 heavy (non-hydrogen) atoms. The third kappa shape index (κ3) is 3.13. The number of hydrogen-bond donors (Lipinski definition) is 1. The van der Waals surface area contributed by atoms with Crippen LogP contribution in [0.1, 0.15) is 5.56 Å². The van der Waals surface area contributed by atoms with Crippen molar-refractivity contribution in [2.24, 2.45) is 0 Å². The van der Waals surface area contributed by atoms with Gasteiger partial charge in [-0.25, -0.2) is 4.98 Å². The lowest BCUT2D eigenvalue weighted by atomic mass is 10.2. The highest BCUT2D eigenvalue weighted by atomic mass is 19.4. The molecule has 0 radical (unpaired) electrons. The quantitative estimate of drug-likeness (QED) is 0.487. The molecule has 0 spiro atoms. The first-order chi connectivity index (χ1) is 12.5. The molecule has 0 amide bonds. The molecule has 0 aliphatic rings. The van der Waals surface area contributed by atoms with Gasteiger partial charge in [0, 0.05) is 5.56 Å². The van der Waals surface area contributed by atoms with Gasteiger partial charge < -0.3 is 9.72 Å². The van der Waals surface area contributed by atoms with Crippen LogP contribution in [-0.4, -0.2) is 9.97 Å². The molecule has 1 aromatic heterocycles. The normalized spacial score (nSPS) is 11.7. The first-order valence-corrected chi connectivity index (χ1v) is 7.90. The number of ether oxygens (including phenoxy) is 1. The molecule has 0 unspecified atom stereocenters. The lowest BCUT2D eigenvalue weighted by molar-refractivity contribution is -0.138. The summed E-state index contributed by atoms with van der Waals surface area (Å²) in [6, 6.07) is 19.5. The summed E-state index contributed by atoms with van der Waals surface area (Å²) in [7, 11) is 0. The highest BCUT2D eigenvalue weighted by Crippen LogP contribution is 2.38. The fourth-order valence-corrected chi connectivity index (χ4v) is 2.69. The molecule has 0 saturated heterocycles. The summed E-state index contributed by atoms with van der Waals surface area (Å²) in [4.78, 5) is 7.71. The van der Waals surface area contributed by atoms with Crippen molar-refractivity contribution >= 4 is 11.0 Å². The Bertz CT molecular complexity index is 1020. The van der Waals surface area contributed by atoms with Gasteiger partial charge in [-0.05, 0) is 48.5 Å². The van der Waals surface area contributed by atoms with Gasteiger partial charge in [-0.15, -0.1) is 0 Å². The largest absolute Gasteiger partial charge is 0.457 e. The lowest BCUT2D eigenvalue weighted by Crippen LogP contribution is -2.06. The Morgan fingerprint density at radius 3 is 2.23 bits per heavy atom. The summed E-state index contributed by atoms with van der Waals surface area (Å²) in [5.74, 6) is 0.784. The number of para-hydroxylation sites is 3. The van der Waals surface area contributed by atoms with E-state index >= 15 is 0 Å². The molecule has 4 aromatic rings. The SMILES string of the molecule is FC(F)(F)c1ccccc1Oc1ccc(-c2nc3ccccc3[nH]2)cc1. The van der Waals surface area contributed by atoms with Gasteiger partial charge >= 0.3 is 6.18 Å². The van der Waals surface area contributed by atoms with E-state index in [-0.39, 0.29) is 5.75 Å². The fourth-order valence-electron chi connectivity index (χ4n) is 2.69. The van der Waals surface area contributed by atoms with E-state index in [0.29, 0.717) is 11.6 Å². The molecule has 0 bridgehead atoms. The number of halogens is 3. The van der Waals surface area contributed by atoms with Gasteiger partial charge in [-0.3, -0.25) is 0 Å². The van der Waals surface area contributed by atoms with Crippen molar-refractivity contribution in [2.75, 3.05) is 0 Å². The molecule has 3 aromatic carbocycles. The van der Waals surface area contributed by atoms with E-state index in [1.807, 2.05) is 24.3 Å². The molecule has 0 fully saturated rings. The van der Waals surface area contributed by atoms with Crippen molar-refractivity contribution in [1.82, 2.24) is 9.97 Å². The maximum Gasteiger partial charge on any atom is 0.419 e. The first-order valence-electron chi connectivity index (χ1n) is 7.90. The first kappa shape index (κ1) is 16.2. The van der Waals surface area contributed by atoms with Crippen molar-refractivity contribution in [2.45, 2.75) is 6.18 Å². The molecule has 1 N–H and O–H groups in total. The summed E-state index contributed by atoms with van der Waals surface area (Å²) in [5, 5.41) is 0. The average molecular weight is 354 g/mol. The van der Waals surface area contributed by atoms with Crippen LogP contribution in [0, 0.1) is 0 Å². The minimum atomic E-state index is -4.47. The number of benzene rings is 3. The highest BCUT2D eigenvalue weighted by molar-refractivity contribution is 5.79. The molecule has 0 saturated carbocycles. The summed E-state index contributed by atoms with van der Waals surface area (Å²) in [6.45, 7) is 0. The van der Waals surface area contributed by atoms with Gasteiger partial charge in [0.2, 0.25) is 0 Å². The number of alkyl halides is 3. The number of hydrogen-bond acceptors (Lipinski definition) is 2. The van der Waals surface area contributed by atoms with Crippen LogP contribution in [0.15, 0.2) is 72.8 Å². The molecular weight excluding hydrogens is 341 g/mol. The molecular formula is C20H13F3N2O. The molecule has 1 heterocycles. The summed E-state index contributed by atoms with van der Waals surface area (Å²) < 4.78 is 44.6. The van der Waals surface area contributed by atoms with E-state index in [1.165, 1.54) is 18.2 Å². The second-order valence-electron chi connectivity index (χ2n) is 5.72. The predicted octanol–water partition coefficient (Wildman–Crippen LogP) is 6.04. The fraction of sp³-hybridized carbons (Fsp3) is 0.0500. The minimum absolute atomic E-state index is 0.225. The minimum Gasteiger partial charge on any atom is -0.457 e. The second kappa shape index (κ2) is 6.22. The van der Waals surface area contributed by atoms with E-state index < -0.39 is 11.7 Å². The molecule has 4 rings (SSSR count). The Balaban J connectivity index is 1.61. The Hall–Kier alpha value is -3.28. The van der Waals surface area contributed by atoms with Crippen LogP contribution >= 0.6 is 0 Å². The number of nitrogens with one attached hydrogen (secondary N) is 1. The van der Waals surface area contributed by atoms with Crippen LogP contribution in [0.3, 0.4) is 0 Å². The third-order valence-electron chi connectivity index (χ3n) is 3.94. The molecule has 3 nitrogen and oxygen atoms in total. The average Bonchev–Trinajstić information content (AvgIpc) is 3.06. The van der Waals surface area contributed by atoms with Crippen LogP contribution in [0.25, 0.3) is 22.4 Å². The van der Waals surface area contributed by atoms with Crippen LogP contribution in [0.2, 0.25) is 0 Å². The highest BCUT2D eigenvalue weighted by Gasteiger charge is 2.34. The zero-order valence-electron chi connectivity index (χ0n) is 13.4. The van der Waals surface area contributed by atoms with Crippen LogP contribution in [0.5, 0.6) is 11.5 Å². The number of nitrogens with zero attached hydrogens (tertiary/aromatic N) is 1. The maximum absolute atomic E-state index is 13.0. The van der Waals surface area contributed by atoms with Crippen molar-refractivity contribution < 1.29 is 17.9 Å².